The SMILES string of the molecule is CCCc1cnc[nH]1.NC(=S)NCCCCN(Cc1ccc(Cl)c(Cl)c1)c1ccc(Br)cn1. The van der Waals surface area contributed by atoms with Crippen LogP contribution in [0.25, 0.3) is 0 Å². The van der Waals surface area contributed by atoms with E-state index in [9.17, 15) is 0 Å². The molecule has 3 rings (SSSR count). The molecule has 0 atom stereocenters. The van der Waals surface area contributed by atoms with Crippen molar-refractivity contribution in [3.05, 3.63) is 74.8 Å². The molecule has 0 amide bonds. The number of rotatable bonds is 10. The van der Waals surface area contributed by atoms with E-state index in [-0.39, 0.29) is 0 Å². The number of hydrogen-bond acceptors (Lipinski definition) is 4. The third-order valence-electron chi connectivity index (χ3n) is 4.62. The smallest absolute Gasteiger partial charge is 0.163 e. The van der Waals surface area contributed by atoms with Gasteiger partial charge in [-0.05, 0) is 77.2 Å². The van der Waals surface area contributed by atoms with Gasteiger partial charge in [0.1, 0.15) is 5.82 Å². The number of H-pyrrole nitrogens is 1. The minimum Gasteiger partial charge on any atom is -0.376 e. The summed E-state index contributed by atoms with van der Waals surface area (Å²) in [7, 11) is 0. The average Bonchev–Trinajstić information content (AvgIpc) is 3.30. The molecular formula is C23H29BrCl2N6S. The zero-order valence-electron chi connectivity index (χ0n) is 18.5. The second kappa shape index (κ2) is 15.1. The summed E-state index contributed by atoms with van der Waals surface area (Å²) in [5.41, 5.74) is 7.75. The molecule has 33 heavy (non-hydrogen) atoms. The predicted octanol–water partition coefficient (Wildman–Crippen LogP) is 6.13. The Hall–Kier alpha value is -1.87. The van der Waals surface area contributed by atoms with E-state index < -0.39 is 0 Å². The second-order valence-corrected chi connectivity index (χ2v) is 9.50. The molecule has 0 radical (unpaired) electrons. The van der Waals surface area contributed by atoms with E-state index in [2.05, 4.69) is 48.0 Å². The molecule has 0 aliphatic heterocycles. The van der Waals surface area contributed by atoms with E-state index in [4.69, 9.17) is 41.2 Å². The highest BCUT2D eigenvalue weighted by Crippen LogP contribution is 2.25. The number of aromatic amines is 1. The number of halogens is 3. The highest BCUT2D eigenvalue weighted by molar-refractivity contribution is 9.10. The lowest BCUT2D eigenvalue weighted by atomic mass is 10.2. The van der Waals surface area contributed by atoms with Gasteiger partial charge in [-0.3, -0.25) is 0 Å². The molecule has 178 valence electrons. The zero-order chi connectivity index (χ0) is 24.1. The molecule has 0 saturated carbocycles. The Balaban J connectivity index is 0.000000405. The Morgan fingerprint density at radius 1 is 1.18 bits per heavy atom. The minimum absolute atomic E-state index is 0.335. The van der Waals surface area contributed by atoms with Crippen LogP contribution in [0.3, 0.4) is 0 Å². The van der Waals surface area contributed by atoms with E-state index in [0.717, 1.165) is 48.2 Å². The van der Waals surface area contributed by atoms with Gasteiger partial charge in [0.2, 0.25) is 0 Å². The number of pyridine rings is 1. The monoisotopic (exact) mass is 570 g/mol. The van der Waals surface area contributed by atoms with Gasteiger partial charge in [0.25, 0.3) is 0 Å². The number of anilines is 1. The first kappa shape index (κ1) is 27.4. The number of nitrogens with two attached hydrogens (primary N) is 1. The summed E-state index contributed by atoms with van der Waals surface area (Å²) in [6.45, 7) is 4.48. The molecule has 1 aromatic carbocycles. The summed E-state index contributed by atoms with van der Waals surface area (Å²) < 4.78 is 0.950. The van der Waals surface area contributed by atoms with Crippen molar-refractivity contribution in [1.82, 2.24) is 20.3 Å². The van der Waals surface area contributed by atoms with Crippen molar-refractivity contribution in [2.75, 3.05) is 18.0 Å². The molecule has 0 unspecified atom stereocenters. The minimum atomic E-state index is 0.335. The molecule has 0 fully saturated rings. The Morgan fingerprint density at radius 2 is 2.00 bits per heavy atom. The van der Waals surface area contributed by atoms with Crippen molar-refractivity contribution in [2.45, 2.75) is 39.2 Å². The largest absolute Gasteiger partial charge is 0.376 e. The highest BCUT2D eigenvalue weighted by atomic mass is 79.9. The number of unbranched alkanes of at least 4 members (excludes halogenated alkanes) is 1. The van der Waals surface area contributed by atoms with Gasteiger partial charge in [-0.15, -0.1) is 0 Å². The van der Waals surface area contributed by atoms with Gasteiger partial charge in [-0.2, -0.15) is 0 Å². The summed E-state index contributed by atoms with van der Waals surface area (Å²) >= 11 is 20.4. The summed E-state index contributed by atoms with van der Waals surface area (Å²) in [6.07, 6.45) is 9.61. The van der Waals surface area contributed by atoms with Crippen molar-refractivity contribution in [1.29, 1.82) is 0 Å². The predicted molar refractivity (Wildman–Crippen MR) is 146 cm³/mol. The fourth-order valence-corrected chi connectivity index (χ4v) is 3.68. The fourth-order valence-electron chi connectivity index (χ4n) is 3.02. The molecule has 3 aromatic rings. The van der Waals surface area contributed by atoms with Gasteiger partial charge in [-0.1, -0.05) is 42.6 Å². The van der Waals surface area contributed by atoms with Gasteiger partial charge in [0.15, 0.2) is 5.11 Å². The van der Waals surface area contributed by atoms with Crippen LogP contribution < -0.4 is 16.0 Å². The first-order chi connectivity index (χ1) is 15.9. The van der Waals surface area contributed by atoms with Crippen LogP contribution in [0.4, 0.5) is 5.82 Å². The molecule has 0 aliphatic rings. The summed E-state index contributed by atoms with van der Waals surface area (Å²) in [4.78, 5) is 13.6. The third-order valence-corrected chi connectivity index (χ3v) is 5.97. The number of nitrogens with zero attached hydrogens (tertiary/aromatic N) is 3. The maximum atomic E-state index is 6.13. The first-order valence-corrected chi connectivity index (χ1v) is 12.7. The molecule has 4 N–H and O–H groups in total. The molecule has 6 nitrogen and oxygen atoms in total. The maximum absolute atomic E-state index is 6.13. The van der Waals surface area contributed by atoms with E-state index in [1.807, 2.05) is 36.5 Å². The topological polar surface area (TPSA) is 82.9 Å². The van der Waals surface area contributed by atoms with Crippen molar-refractivity contribution >= 4 is 62.3 Å². The quantitative estimate of drug-likeness (QED) is 0.200. The van der Waals surface area contributed by atoms with Crippen molar-refractivity contribution in [3.63, 3.8) is 0 Å². The van der Waals surface area contributed by atoms with Gasteiger partial charge in [-0.25, -0.2) is 9.97 Å². The number of benzene rings is 1. The summed E-state index contributed by atoms with van der Waals surface area (Å²) in [5.74, 6) is 0.913. The van der Waals surface area contributed by atoms with Crippen molar-refractivity contribution < 1.29 is 0 Å². The first-order valence-electron chi connectivity index (χ1n) is 10.7. The van der Waals surface area contributed by atoms with Crippen molar-refractivity contribution in [3.8, 4) is 0 Å². The number of thiocarbonyl (C=S) groups is 1. The van der Waals surface area contributed by atoms with Gasteiger partial charge in [0, 0.05) is 42.2 Å². The molecular weight excluding hydrogens is 543 g/mol. The van der Waals surface area contributed by atoms with Gasteiger partial charge >= 0.3 is 0 Å². The lowest BCUT2D eigenvalue weighted by Crippen LogP contribution is -2.30. The van der Waals surface area contributed by atoms with Crippen LogP contribution in [-0.2, 0) is 13.0 Å². The van der Waals surface area contributed by atoms with Crippen LogP contribution in [0.5, 0.6) is 0 Å². The molecule has 0 aliphatic carbocycles. The van der Waals surface area contributed by atoms with Crippen LogP contribution in [0.15, 0.2) is 53.5 Å². The third kappa shape index (κ3) is 10.7. The van der Waals surface area contributed by atoms with Crippen LogP contribution in [-0.4, -0.2) is 33.2 Å². The van der Waals surface area contributed by atoms with Crippen LogP contribution in [0.2, 0.25) is 10.0 Å². The number of hydrogen-bond donors (Lipinski definition) is 3. The lowest BCUT2D eigenvalue weighted by Gasteiger charge is -2.24. The molecule has 2 aromatic heterocycles. The van der Waals surface area contributed by atoms with Crippen LogP contribution >= 0.6 is 51.3 Å². The number of nitrogens with one attached hydrogen (secondary N) is 2. The maximum Gasteiger partial charge on any atom is 0.163 e. The normalized spacial score (nSPS) is 10.3. The van der Waals surface area contributed by atoms with Crippen LogP contribution in [0.1, 0.15) is 37.4 Å². The summed E-state index contributed by atoms with van der Waals surface area (Å²) in [6, 6.07) is 9.67. The molecule has 10 heteroatoms. The van der Waals surface area contributed by atoms with Gasteiger partial charge < -0.3 is 20.9 Å². The van der Waals surface area contributed by atoms with E-state index in [1.165, 1.54) is 12.1 Å². The van der Waals surface area contributed by atoms with E-state index >= 15 is 0 Å². The van der Waals surface area contributed by atoms with Crippen molar-refractivity contribution in [2.24, 2.45) is 5.73 Å². The Bertz CT molecular complexity index is 970. The fraction of sp³-hybridized carbons (Fsp3) is 0.348. The van der Waals surface area contributed by atoms with E-state index in [1.54, 1.807) is 12.5 Å². The highest BCUT2D eigenvalue weighted by Gasteiger charge is 2.10. The number of aromatic nitrogens is 3. The standard InChI is InChI=1S/C17H19BrCl2N4S.C6H10N2/c18-13-4-6-16(23-10-13)24(8-2-1-7-22-17(21)25)11-12-3-5-14(19)15(20)9-12;1-2-3-6-4-7-5-8-6/h3-6,9-10H,1-2,7-8,11H2,(H3,21,22,25);4-5H,2-3H2,1H3,(H,7,8). The zero-order valence-corrected chi connectivity index (χ0v) is 22.4. The van der Waals surface area contributed by atoms with E-state index in [0.29, 0.717) is 21.7 Å². The summed E-state index contributed by atoms with van der Waals surface area (Å²) in [5, 5.41) is 4.42. The van der Waals surface area contributed by atoms with Crippen LogP contribution in [0, 0.1) is 0 Å². The second-order valence-electron chi connectivity index (χ2n) is 7.33. The average molecular weight is 572 g/mol. The number of aryl methyl sites for hydroxylation is 1. The molecule has 0 saturated heterocycles. The Kier molecular flexibility index (Phi) is 12.5. The number of imidazole rings is 1. The molecule has 0 bridgehead atoms. The Morgan fingerprint density at radius 3 is 2.61 bits per heavy atom. The Labute approximate surface area is 219 Å². The molecule has 0 spiro atoms. The van der Waals surface area contributed by atoms with Gasteiger partial charge in [0.05, 0.1) is 16.4 Å². The molecule has 2 heterocycles. The lowest BCUT2D eigenvalue weighted by molar-refractivity contribution is 0.667.